The fourth-order valence-electron chi connectivity index (χ4n) is 0.798. The van der Waals surface area contributed by atoms with Crippen LogP contribution in [0.25, 0.3) is 0 Å². The van der Waals surface area contributed by atoms with Crippen molar-refractivity contribution in [3.63, 3.8) is 0 Å². The monoisotopic (exact) mass is 224 g/mol. The van der Waals surface area contributed by atoms with Crippen molar-refractivity contribution in [2.24, 2.45) is 0 Å². The van der Waals surface area contributed by atoms with E-state index >= 15 is 0 Å². The SMILES string of the molecule is O=c1cc([N+](=O)[O-])[nH]c(C(F)F)c1Cl. The average molecular weight is 225 g/mol. The zero-order chi connectivity index (χ0) is 10.9. The van der Waals surface area contributed by atoms with E-state index in [1.54, 1.807) is 4.98 Å². The maximum atomic E-state index is 12.2. The molecule has 0 aromatic carbocycles. The van der Waals surface area contributed by atoms with Crippen molar-refractivity contribution in [1.29, 1.82) is 0 Å². The first-order valence-corrected chi connectivity index (χ1v) is 3.66. The zero-order valence-corrected chi connectivity index (χ0v) is 7.22. The summed E-state index contributed by atoms with van der Waals surface area (Å²) in [4.78, 5) is 21.9. The average Bonchev–Trinajstić information content (AvgIpc) is 2.08. The number of rotatable bonds is 2. The van der Waals surface area contributed by atoms with Gasteiger partial charge in [-0.1, -0.05) is 11.6 Å². The van der Waals surface area contributed by atoms with Crippen molar-refractivity contribution in [2.75, 3.05) is 0 Å². The van der Waals surface area contributed by atoms with Crippen LogP contribution >= 0.6 is 11.6 Å². The van der Waals surface area contributed by atoms with Gasteiger partial charge < -0.3 is 10.1 Å². The third-order valence-corrected chi connectivity index (χ3v) is 1.79. The van der Waals surface area contributed by atoms with Crippen LogP contribution in [0.2, 0.25) is 5.02 Å². The second-order valence-corrected chi connectivity index (χ2v) is 2.68. The molecule has 0 unspecified atom stereocenters. The van der Waals surface area contributed by atoms with Gasteiger partial charge in [-0.05, 0) is 4.92 Å². The van der Waals surface area contributed by atoms with Gasteiger partial charge in [-0.15, -0.1) is 0 Å². The molecule has 0 spiro atoms. The number of H-pyrrole nitrogens is 1. The van der Waals surface area contributed by atoms with Crippen LogP contribution in [0, 0.1) is 10.1 Å². The standard InChI is InChI=1S/C6H3ClF2N2O3/c7-4-2(12)1-3(11(13)14)10-5(4)6(8)9/h1,6H,(H,10,12). The number of nitrogens with one attached hydrogen (secondary N) is 1. The van der Waals surface area contributed by atoms with Gasteiger partial charge in [-0.25, -0.2) is 13.8 Å². The van der Waals surface area contributed by atoms with Crippen LogP contribution in [-0.2, 0) is 0 Å². The predicted molar refractivity (Wildman–Crippen MR) is 43.7 cm³/mol. The Bertz CT molecular complexity index is 432. The van der Waals surface area contributed by atoms with Gasteiger partial charge in [-0.3, -0.25) is 4.79 Å². The number of nitro groups is 1. The van der Waals surface area contributed by atoms with Crippen LogP contribution in [-0.4, -0.2) is 9.91 Å². The van der Waals surface area contributed by atoms with E-state index in [4.69, 9.17) is 11.6 Å². The van der Waals surface area contributed by atoms with Crippen LogP contribution in [0.1, 0.15) is 12.1 Å². The maximum absolute atomic E-state index is 12.2. The normalized spacial score (nSPS) is 10.6. The number of aromatic amines is 1. The number of aromatic nitrogens is 1. The molecule has 5 nitrogen and oxygen atoms in total. The first-order chi connectivity index (χ1) is 6.43. The summed E-state index contributed by atoms with van der Waals surface area (Å²) < 4.78 is 24.3. The zero-order valence-electron chi connectivity index (χ0n) is 6.46. The minimum Gasteiger partial charge on any atom is -0.358 e. The molecule has 1 aromatic heterocycles. The minimum absolute atomic E-state index is 0.550. The number of hydrogen-bond acceptors (Lipinski definition) is 3. The molecule has 0 saturated heterocycles. The topological polar surface area (TPSA) is 76.0 Å². The van der Waals surface area contributed by atoms with Crippen molar-refractivity contribution in [3.05, 3.63) is 37.1 Å². The molecule has 0 atom stereocenters. The highest BCUT2D eigenvalue weighted by Crippen LogP contribution is 2.23. The molecular weight excluding hydrogens is 222 g/mol. The first kappa shape index (κ1) is 10.6. The number of pyridine rings is 1. The van der Waals surface area contributed by atoms with Gasteiger partial charge in [0.25, 0.3) is 6.43 Å². The molecule has 0 saturated carbocycles. The Labute approximate surface area is 80.5 Å². The molecule has 0 aliphatic heterocycles. The summed E-state index contributed by atoms with van der Waals surface area (Å²) in [5.41, 5.74) is -1.95. The summed E-state index contributed by atoms with van der Waals surface area (Å²) in [6, 6.07) is 0.550. The van der Waals surface area contributed by atoms with Crippen LogP contribution < -0.4 is 5.43 Å². The minimum atomic E-state index is -3.06. The number of alkyl halides is 2. The summed E-state index contributed by atoms with van der Waals surface area (Å²) in [7, 11) is 0. The van der Waals surface area contributed by atoms with E-state index in [-0.39, 0.29) is 0 Å². The molecule has 1 aromatic rings. The lowest BCUT2D eigenvalue weighted by Gasteiger charge is -2.00. The van der Waals surface area contributed by atoms with E-state index in [1.165, 1.54) is 0 Å². The molecule has 76 valence electrons. The second-order valence-electron chi connectivity index (χ2n) is 2.30. The largest absolute Gasteiger partial charge is 0.358 e. The van der Waals surface area contributed by atoms with E-state index in [1.807, 2.05) is 0 Å². The summed E-state index contributed by atoms with van der Waals surface area (Å²) in [6.07, 6.45) is -3.06. The van der Waals surface area contributed by atoms with E-state index in [2.05, 4.69) is 0 Å². The van der Waals surface area contributed by atoms with E-state index in [9.17, 15) is 23.7 Å². The Morgan fingerprint density at radius 3 is 2.57 bits per heavy atom. The van der Waals surface area contributed by atoms with Gasteiger partial charge in [-0.2, -0.15) is 0 Å². The molecule has 0 amide bonds. The quantitative estimate of drug-likeness (QED) is 0.615. The van der Waals surface area contributed by atoms with Gasteiger partial charge in [0.2, 0.25) is 5.43 Å². The second kappa shape index (κ2) is 3.70. The van der Waals surface area contributed by atoms with Gasteiger partial charge in [0.1, 0.15) is 5.02 Å². The molecule has 1 heterocycles. The van der Waals surface area contributed by atoms with Gasteiger partial charge >= 0.3 is 5.82 Å². The smallest absolute Gasteiger partial charge is 0.325 e. The molecule has 8 heteroatoms. The summed E-state index contributed by atoms with van der Waals surface area (Å²) >= 11 is 5.22. The van der Waals surface area contributed by atoms with E-state index in [0.717, 1.165) is 0 Å². The molecule has 1 N–H and O–H groups in total. The van der Waals surface area contributed by atoms with Crippen LogP contribution in [0.5, 0.6) is 0 Å². The molecule has 0 radical (unpaired) electrons. The molecule has 14 heavy (non-hydrogen) atoms. The van der Waals surface area contributed by atoms with Gasteiger partial charge in [0.05, 0.1) is 6.07 Å². The highest BCUT2D eigenvalue weighted by atomic mass is 35.5. The Hall–Kier alpha value is -1.50. The summed E-state index contributed by atoms with van der Waals surface area (Å²) in [5, 5.41) is 9.46. The van der Waals surface area contributed by atoms with Gasteiger partial charge in [0.15, 0.2) is 5.69 Å². The van der Waals surface area contributed by atoms with Crippen LogP contribution in [0.15, 0.2) is 10.9 Å². The molecule has 0 fully saturated rings. The van der Waals surface area contributed by atoms with Crippen molar-refractivity contribution in [2.45, 2.75) is 6.43 Å². The van der Waals surface area contributed by atoms with Crippen molar-refractivity contribution in [3.8, 4) is 0 Å². The lowest BCUT2D eigenvalue weighted by atomic mass is 10.3. The van der Waals surface area contributed by atoms with Crippen LogP contribution in [0.3, 0.4) is 0 Å². The van der Waals surface area contributed by atoms with E-state index in [0.29, 0.717) is 6.07 Å². The summed E-state index contributed by atoms with van der Waals surface area (Å²) in [6.45, 7) is 0. The highest BCUT2D eigenvalue weighted by molar-refractivity contribution is 6.31. The Balaban J connectivity index is 3.43. The third-order valence-electron chi connectivity index (χ3n) is 1.40. The Morgan fingerprint density at radius 2 is 2.14 bits per heavy atom. The summed E-state index contributed by atoms with van der Waals surface area (Å²) in [5.74, 6) is -0.810. The van der Waals surface area contributed by atoms with Crippen molar-refractivity contribution in [1.82, 2.24) is 4.98 Å². The van der Waals surface area contributed by atoms with Crippen molar-refractivity contribution < 1.29 is 13.7 Å². The molecule has 1 rings (SSSR count). The molecular formula is C6H3ClF2N2O3. The van der Waals surface area contributed by atoms with Crippen LogP contribution in [0.4, 0.5) is 14.6 Å². The number of nitrogens with zero attached hydrogens (tertiary/aromatic N) is 1. The van der Waals surface area contributed by atoms with Crippen molar-refractivity contribution >= 4 is 17.4 Å². The molecule has 0 aliphatic carbocycles. The first-order valence-electron chi connectivity index (χ1n) is 3.28. The highest BCUT2D eigenvalue weighted by Gasteiger charge is 2.22. The molecule has 0 bridgehead atoms. The third kappa shape index (κ3) is 1.87. The maximum Gasteiger partial charge on any atom is 0.325 e. The lowest BCUT2D eigenvalue weighted by Crippen LogP contribution is -2.09. The Morgan fingerprint density at radius 1 is 1.57 bits per heavy atom. The van der Waals surface area contributed by atoms with E-state index < -0.39 is 33.3 Å². The number of halogens is 3. The fraction of sp³-hybridized carbons (Fsp3) is 0.167. The predicted octanol–water partition coefficient (Wildman–Crippen LogP) is 1.87. The fourth-order valence-corrected chi connectivity index (χ4v) is 0.982. The number of hydrogen-bond donors (Lipinski definition) is 1. The lowest BCUT2D eigenvalue weighted by molar-refractivity contribution is -0.389. The molecule has 0 aliphatic rings. The Kier molecular flexibility index (Phi) is 2.80. The van der Waals surface area contributed by atoms with Gasteiger partial charge in [0, 0.05) is 0 Å².